The first kappa shape index (κ1) is 26.5. The number of hydrogen-bond acceptors (Lipinski definition) is 6. The number of carbonyl (C=O) groups is 2. The molecule has 0 radical (unpaired) electrons. The minimum absolute atomic E-state index is 0.0251. The van der Waals surface area contributed by atoms with Gasteiger partial charge in [-0.2, -0.15) is 0 Å². The van der Waals surface area contributed by atoms with Crippen LogP contribution in [0, 0.1) is 5.92 Å². The van der Waals surface area contributed by atoms with Gasteiger partial charge in [0.25, 0.3) is 0 Å². The van der Waals surface area contributed by atoms with Crippen molar-refractivity contribution in [1.29, 1.82) is 0 Å². The first-order valence-electron chi connectivity index (χ1n) is 11.8. The van der Waals surface area contributed by atoms with Gasteiger partial charge >= 0.3 is 5.97 Å². The van der Waals surface area contributed by atoms with Gasteiger partial charge in [-0.05, 0) is 37.5 Å². The number of Topliss-reactive ketones (excluding diaryl/α,β-unsaturated/α-hetero) is 1. The summed E-state index contributed by atoms with van der Waals surface area (Å²) in [4.78, 5) is 25.0. The van der Waals surface area contributed by atoms with Crippen LogP contribution in [0.5, 0.6) is 0 Å². The van der Waals surface area contributed by atoms with Gasteiger partial charge in [-0.1, -0.05) is 68.1 Å². The molecule has 0 aliphatic carbocycles. The Morgan fingerprint density at radius 2 is 1.80 bits per heavy atom. The number of ether oxygens (including phenoxy) is 4. The topological polar surface area (TPSA) is 71.1 Å². The van der Waals surface area contributed by atoms with Gasteiger partial charge in [0.15, 0.2) is 11.6 Å². The molecule has 1 aliphatic heterocycles. The minimum atomic E-state index is -0.645. The summed E-state index contributed by atoms with van der Waals surface area (Å²) in [5.41, 5.74) is 2.55. The summed E-state index contributed by atoms with van der Waals surface area (Å²) < 4.78 is 22.7. The Hall–Kier alpha value is -3.06. The van der Waals surface area contributed by atoms with Gasteiger partial charge in [-0.25, -0.2) is 4.79 Å². The normalized spacial score (nSPS) is 18.8. The van der Waals surface area contributed by atoms with Crippen molar-refractivity contribution in [2.75, 3.05) is 20.3 Å². The Morgan fingerprint density at radius 3 is 2.37 bits per heavy atom. The Labute approximate surface area is 207 Å². The second-order valence-corrected chi connectivity index (χ2v) is 8.99. The molecule has 0 bridgehead atoms. The van der Waals surface area contributed by atoms with Crippen molar-refractivity contribution in [3.8, 4) is 0 Å². The Bertz CT molecular complexity index is 1040. The van der Waals surface area contributed by atoms with E-state index in [9.17, 15) is 9.59 Å². The molecule has 1 fully saturated rings. The van der Waals surface area contributed by atoms with Crippen molar-refractivity contribution in [3.63, 3.8) is 0 Å². The van der Waals surface area contributed by atoms with Crippen LogP contribution in [0.15, 0.2) is 67.3 Å². The van der Waals surface area contributed by atoms with E-state index in [1.54, 1.807) is 37.5 Å². The smallest absolute Gasteiger partial charge is 0.330 e. The average molecular weight is 479 g/mol. The van der Waals surface area contributed by atoms with E-state index in [4.69, 9.17) is 18.9 Å². The van der Waals surface area contributed by atoms with Crippen LogP contribution >= 0.6 is 0 Å². The molecule has 1 saturated heterocycles. The molecular weight excluding hydrogens is 444 g/mol. The van der Waals surface area contributed by atoms with Crippen molar-refractivity contribution in [2.45, 2.75) is 45.2 Å². The first-order chi connectivity index (χ1) is 16.7. The van der Waals surface area contributed by atoms with Gasteiger partial charge in [0.2, 0.25) is 0 Å². The standard InChI is InChI=1S/C29H34O6/c1-6-22(28(32-5)25-19-34-29(3,4)35-25)18-33-26(30)17-14-21-12-15-24(16-13-21)27(31)20(2)23-10-8-7-9-11-23/h7-17,22,25,28H,2,6,18-19H2,1,3-5H3/b17-14+/t22-,25+,28+/m1/s1. The van der Waals surface area contributed by atoms with E-state index in [1.165, 1.54) is 6.08 Å². The molecule has 35 heavy (non-hydrogen) atoms. The highest BCUT2D eigenvalue weighted by atomic mass is 16.7. The van der Waals surface area contributed by atoms with Crippen LogP contribution in [0.1, 0.15) is 48.7 Å². The molecule has 2 aromatic carbocycles. The predicted octanol–water partition coefficient (Wildman–Crippen LogP) is 5.33. The van der Waals surface area contributed by atoms with Gasteiger partial charge in [-0.15, -0.1) is 0 Å². The number of rotatable bonds is 11. The van der Waals surface area contributed by atoms with Crippen molar-refractivity contribution in [2.24, 2.45) is 5.92 Å². The lowest BCUT2D eigenvalue weighted by Gasteiger charge is -2.29. The summed E-state index contributed by atoms with van der Waals surface area (Å²) in [6.45, 7) is 10.3. The summed E-state index contributed by atoms with van der Waals surface area (Å²) in [7, 11) is 1.63. The van der Waals surface area contributed by atoms with E-state index >= 15 is 0 Å². The van der Waals surface area contributed by atoms with Gasteiger partial charge in [0.05, 0.1) is 19.3 Å². The summed E-state index contributed by atoms with van der Waals surface area (Å²) in [5.74, 6) is -1.25. The third kappa shape index (κ3) is 7.21. The van der Waals surface area contributed by atoms with E-state index in [2.05, 4.69) is 6.58 Å². The molecule has 0 unspecified atom stereocenters. The zero-order chi connectivity index (χ0) is 25.4. The maximum Gasteiger partial charge on any atom is 0.330 e. The molecule has 0 spiro atoms. The molecule has 0 saturated carbocycles. The number of hydrogen-bond donors (Lipinski definition) is 0. The second kappa shape index (κ2) is 12.1. The van der Waals surface area contributed by atoms with Crippen molar-refractivity contribution in [1.82, 2.24) is 0 Å². The van der Waals surface area contributed by atoms with Gasteiger partial charge in [0.1, 0.15) is 6.10 Å². The fourth-order valence-corrected chi connectivity index (χ4v) is 4.06. The first-order valence-corrected chi connectivity index (χ1v) is 11.8. The number of methoxy groups -OCH3 is 1. The van der Waals surface area contributed by atoms with Gasteiger partial charge in [0, 0.05) is 30.2 Å². The quantitative estimate of drug-likeness (QED) is 0.247. The SMILES string of the molecule is C=C(C(=O)c1ccc(/C=C/C(=O)OC[C@@H](CC)[C@H](OC)[C@@H]2COC(C)(C)O2)cc1)c1ccccc1. The number of carbonyl (C=O) groups excluding carboxylic acids is 2. The molecule has 6 nitrogen and oxygen atoms in total. The average Bonchev–Trinajstić information content (AvgIpc) is 3.24. The maximum absolute atomic E-state index is 12.7. The lowest BCUT2D eigenvalue weighted by molar-refractivity contribution is -0.164. The molecular formula is C29H34O6. The van der Waals surface area contributed by atoms with Crippen molar-refractivity contribution < 1.29 is 28.5 Å². The minimum Gasteiger partial charge on any atom is -0.462 e. The predicted molar refractivity (Wildman–Crippen MR) is 136 cm³/mol. The lowest BCUT2D eigenvalue weighted by Crippen LogP contribution is -2.40. The van der Waals surface area contributed by atoms with Gasteiger partial charge < -0.3 is 18.9 Å². The zero-order valence-electron chi connectivity index (χ0n) is 20.9. The fourth-order valence-electron chi connectivity index (χ4n) is 4.06. The molecule has 0 aromatic heterocycles. The summed E-state index contributed by atoms with van der Waals surface area (Å²) in [6.07, 6.45) is 3.35. The van der Waals surface area contributed by atoms with Gasteiger partial charge in [-0.3, -0.25) is 4.79 Å². The largest absolute Gasteiger partial charge is 0.462 e. The molecule has 2 aromatic rings. The van der Waals surface area contributed by atoms with E-state index in [0.29, 0.717) is 17.7 Å². The van der Waals surface area contributed by atoms with Crippen LogP contribution < -0.4 is 0 Å². The Kier molecular flexibility index (Phi) is 9.15. The van der Waals surface area contributed by atoms with E-state index in [1.807, 2.05) is 51.1 Å². The number of benzene rings is 2. The number of allylic oxidation sites excluding steroid dienone is 1. The zero-order valence-corrected chi connectivity index (χ0v) is 20.9. The van der Waals surface area contributed by atoms with E-state index in [-0.39, 0.29) is 30.5 Å². The highest BCUT2D eigenvalue weighted by Gasteiger charge is 2.40. The summed E-state index contributed by atoms with van der Waals surface area (Å²) in [6, 6.07) is 16.4. The summed E-state index contributed by atoms with van der Waals surface area (Å²) in [5, 5.41) is 0. The number of ketones is 1. The van der Waals surface area contributed by atoms with Crippen LogP contribution in [-0.4, -0.2) is 50.1 Å². The molecule has 1 heterocycles. The maximum atomic E-state index is 12.7. The monoisotopic (exact) mass is 478 g/mol. The third-order valence-corrected chi connectivity index (χ3v) is 6.08. The van der Waals surface area contributed by atoms with Crippen molar-refractivity contribution in [3.05, 3.63) is 83.9 Å². The van der Waals surface area contributed by atoms with Crippen LogP contribution in [0.25, 0.3) is 11.6 Å². The Morgan fingerprint density at radius 1 is 1.11 bits per heavy atom. The highest BCUT2D eigenvalue weighted by molar-refractivity contribution is 6.28. The van der Waals surface area contributed by atoms with Crippen molar-refractivity contribution >= 4 is 23.4 Å². The molecule has 0 amide bonds. The van der Waals surface area contributed by atoms with Crippen LogP contribution in [-0.2, 0) is 23.7 Å². The van der Waals surface area contributed by atoms with Crippen LogP contribution in [0.2, 0.25) is 0 Å². The lowest BCUT2D eigenvalue weighted by atomic mass is 9.96. The third-order valence-electron chi connectivity index (χ3n) is 6.08. The number of esters is 1. The molecule has 0 N–H and O–H groups in total. The van der Waals surface area contributed by atoms with Crippen LogP contribution in [0.4, 0.5) is 0 Å². The highest BCUT2D eigenvalue weighted by Crippen LogP contribution is 2.29. The Balaban J connectivity index is 1.53. The van der Waals surface area contributed by atoms with E-state index < -0.39 is 11.8 Å². The molecule has 6 heteroatoms. The fraction of sp³-hybridized carbons (Fsp3) is 0.379. The summed E-state index contributed by atoms with van der Waals surface area (Å²) >= 11 is 0. The molecule has 3 rings (SSSR count). The molecule has 1 aliphatic rings. The van der Waals surface area contributed by atoms with E-state index in [0.717, 1.165) is 17.5 Å². The van der Waals surface area contributed by atoms with Crippen LogP contribution in [0.3, 0.4) is 0 Å². The second-order valence-electron chi connectivity index (χ2n) is 8.99. The molecule has 3 atom stereocenters. The molecule has 186 valence electrons.